The molecule has 0 heterocycles. The number of ether oxygens (including phenoxy) is 2. The highest BCUT2D eigenvalue weighted by Crippen LogP contribution is 2.29. The molecule has 0 aromatic heterocycles. The van der Waals surface area contributed by atoms with Gasteiger partial charge in [-0.3, -0.25) is 0 Å². The van der Waals surface area contributed by atoms with Crippen LogP contribution in [-0.2, 0) is 11.3 Å². The van der Waals surface area contributed by atoms with E-state index in [0.717, 1.165) is 30.4 Å². The molecule has 1 N–H and O–H groups in total. The highest BCUT2D eigenvalue weighted by atomic mass is 16.7. The smallest absolute Gasteiger partial charge is 0.189 e. The number of aryl methyl sites for hydroxylation is 1. The molecule has 1 fully saturated rings. The van der Waals surface area contributed by atoms with Gasteiger partial charge in [-0.25, -0.2) is 0 Å². The van der Waals surface area contributed by atoms with Gasteiger partial charge in [0.15, 0.2) is 6.79 Å². The molecule has 0 unspecified atom stereocenters. The lowest BCUT2D eigenvalue weighted by molar-refractivity contribution is 0.00903. The first-order valence-electron chi connectivity index (χ1n) is 7.19. The first-order chi connectivity index (χ1) is 9.16. The van der Waals surface area contributed by atoms with Gasteiger partial charge in [-0.05, 0) is 31.2 Å². The third kappa shape index (κ3) is 4.84. The molecular weight excluding hydrogens is 238 g/mol. The normalized spacial score (nSPS) is 14.9. The van der Waals surface area contributed by atoms with Crippen LogP contribution in [0, 0.1) is 12.8 Å². The van der Waals surface area contributed by atoms with Crippen molar-refractivity contribution in [1.82, 2.24) is 5.32 Å². The average molecular weight is 263 g/mol. The first kappa shape index (κ1) is 14.4. The molecule has 0 radical (unpaired) electrons. The van der Waals surface area contributed by atoms with Gasteiger partial charge in [0.05, 0.1) is 6.61 Å². The summed E-state index contributed by atoms with van der Waals surface area (Å²) < 4.78 is 11.4. The fourth-order valence-corrected chi connectivity index (χ4v) is 1.97. The molecule has 0 saturated heterocycles. The van der Waals surface area contributed by atoms with Crippen molar-refractivity contribution in [2.24, 2.45) is 5.92 Å². The number of benzene rings is 1. The number of nitrogens with one attached hydrogen (secondary N) is 1. The minimum atomic E-state index is 0.357. The number of hydrogen-bond acceptors (Lipinski definition) is 3. The molecule has 3 nitrogen and oxygen atoms in total. The topological polar surface area (TPSA) is 30.5 Å². The molecule has 0 atom stereocenters. The summed E-state index contributed by atoms with van der Waals surface area (Å²) in [5, 5.41) is 3.43. The molecule has 1 aromatic carbocycles. The van der Waals surface area contributed by atoms with E-state index in [1.54, 1.807) is 0 Å². The molecule has 3 heteroatoms. The van der Waals surface area contributed by atoms with E-state index in [4.69, 9.17) is 9.47 Å². The molecule has 1 aliphatic rings. The largest absolute Gasteiger partial charge is 0.467 e. The van der Waals surface area contributed by atoms with E-state index >= 15 is 0 Å². The zero-order chi connectivity index (χ0) is 13.7. The van der Waals surface area contributed by atoms with Gasteiger partial charge in [-0.15, -0.1) is 0 Å². The van der Waals surface area contributed by atoms with E-state index in [0.29, 0.717) is 12.8 Å². The van der Waals surface area contributed by atoms with Gasteiger partial charge in [0.25, 0.3) is 0 Å². The summed E-state index contributed by atoms with van der Waals surface area (Å²) in [6.45, 7) is 8.40. The van der Waals surface area contributed by atoms with Crippen LogP contribution in [0.15, 0.2) is 18.2 Å². The first-order valence-corrected chi connectivity index (χ1v) is 7.19. The third-order valence-electron chi connectivity index (χ3n) is 3.33. The maximum atomic E-state index is 5.82. The SMILES string of the molecule is Cc1cccc(CNC(C)C)c1OCOCC1CC1. The summed E-state index contributed by atoms with van der Waals surface area (Å²) in [4.78, 5) is 0. The highest BCUT2D eigenvalue weighted by molar-refractivity contribution is 5.40. The number of rotatable bonds is 8. The second-order valence-electron chi connectivity index (χ2n) is 5.68. The van der Waals surface area contributed by atoms with Gasteiger partial charge in [0.1, 0.15) is 5.75 Å². The zero-order valence-electron chi connectivity index (χ0n) is 12.2. The van der Waals surface area contributed by atoms with Crippen LogP contribution < -0.4 is 10.1 Å². The molecule has 0 amide bonds. The summed E-state index contributed by atoms with van der Waals surface area (Å²) in [6.07, 6.45) is 2.63. The molecule has 1 aliphatic carbocycles. The van der Waals surface area contributed by atoms with Crippen molar-refractivity contribution in [2.75, 3.05) is 13.4 Å². The van der Waals surface area contributed by atoms with E-state index in [9.17, 15) is 0 Å². The Kier molecular flexibility index (Phi) is 5.23. The lowest BCUT2D eigenvalue weighted by Crippen LogP contribution is -2.22. The van der Waals surface area contributed by atoms with E-state index in [1.165, 1.54) is 18.4 Å². The minimum Gasteiger partial charge on any atom is -0.467 e. The molecule has 2 rings (SSSR count). The predicted octanol–water partition coefficient (Wildman–Crippen LogP) is 3.26. The van der Waals surface area contributed by atoms with Crippen molar-refractivity contribution in [3.8, 4) is 5.75 Å². The Morgan fingerprint density at radius 1 is 1.32 bits per heavy atom. The molecular formula is C16H25NO2. The van der Waals surface area contributed by atoms with Crippen LogP contribution in [0.1, 0.15) is 37.8 Å². The van der Waals surface area contributed by atoms with Crippen molar-refractivity contribution >= 4 is 0 Å². The van der Waals surface area contributed by atoms with Crippen LogP contribution in [0.2, 0.25) is 0 Å². The molecule has 1 aromatic rings. The summed E-state index contributed by atoms with van der Waals surface area (Å²) >= 11 is 0. The van der Waals surface area contributed by atoms with Crippen molar-refractivity contribution < 1.29 is 9.47 Å². The van der Waals surface area contributed by atoms with Crippen molar-refractivity contribution in [2.45, 2.75) is 46.2 Å². The maximum Gasteiger partial charge on any atom is 0.189 e. The standard InChI is InChI=1S/C16H25NO2/c1-12(2)17-9-15-6-4-5-13(3)16(15)19-11-18-10-14-7-8-14/h4-6,12,14,17H,7-11H2,1-3H3. The Morgan fingerprint density at radius 3 is 2.79 bits per heavy atom. The fourth-order valence-electron chi connectivity index (χ4n) is 1.97. The summed E-state index contributed by atoms with van der Waals surface area (Å²) in [5.41, 5.74) is 2.36. The number of para-hydroxylation sites is 1. The second kappa shape index (κ2) is 6.92. The Morgan fingerprint density at radius 2 is 2.11 bits per heavy atom. The summed E-state index contributed by atoms with van der Waals surface area (Å²) in [6, 6.07) is 6.73. The average Bonchev–Trinajstić information content (AvgIpc) is 3.18. The van der Waals surface area contributed by atoms with Gasteiger partial charge < -0.3 is 14.8 Å². The molecule has 106 valence electrons. The summed E-state index contributed by atoms with van der Waals surface area (Å²) in [5.74, 6) is 1.74. The van der Waals surface area contributed by atoms with Crippen LogP contribution >= 0.6 is 0 Å². The van der Waals surface area contributed by atoms with Crippen LogP contribution in [0.3, 0.4) is 0 Å². The van der Waals surface area contributed by atoms with E-state index in [-0.39, 0.29) is 0 Å². The number of hydrogen-bond donors (Lipinski definition) is 1. The lowest BCUT2D eigenvalue weighted by atomic mass is 10.1. The zero-order valence-corrected chi connectivity index (χ0v) is 12.2. The van der Waals surface area contributed by atoms with Gasteiger partial charge in [-0.1, -0.05) is 32.0 Å². The molecule has 0 spiro atoms. The van der Waals surface area contributed by atoms with Crippen molar-refractivity contribution in [3.05, 3.63) is 29.3 Å². The molecule has 19 heavy (non-hydrogen) atoms. The van der Waals surface area contributed by atoms with Gasteiger partial charge in [0, 0.05) is 18.2 Å². The Hall–Kier alpha value is -1.06. The fraction of sp³-hybridized carbons (Fsp3) is 0.625. The van der Waals surface area contributed by atoms with Crippen LogP contribution in [-0.4, -0.2) is 19.4 Å². The monoisotopic (exact) mass is 263 g/mol. The van der Waals surface area contributed by atoms with Crippen molar-refractivity contribution in [3.63, 3.8) is 0 Å². The van der Waals surface area contributed by atoms with Crippen molar-refractivity contribution in [1.29, 1.82) is 0 Å². The van der Waals surface area contributed by atoms with Gasteiger partial charge in [-0.2, -0.15) is 0 Å². The van der Waals surface area contributed by atoms with Gasteiger partial charge >= 0.3 is 0 Å². The summed E-state index contributed by atoms with van der Waals surface area (Å²) in [7, 11) is 0. The third-order valence-corrected chi connectivity index (χ3v) is 3.33. The van der Waals surface area contributed by atoms with Gasteiger partial charge in [0.2, 0.25) is 0 Å². The molecule has 0 bridgehead atoms. The Bertz CT molecular complexity index is 400. The van der Waals surface area contributed by atoms with Crippen LogP contribution in [0.4, 0.5) is 0 Å². The minimum absolute atomic E-state index is 0.357. The van der Waals surface area contributed by atoms with E-state index < -0.39 is 0 Å². The Balaban J connectivity index is 1.87. The van der Waals surface area contributed by atoms with E-state index in [1.807, 2.05) is 0 Å². The molecule has 1 saturated carbocycles. The van der Waals surface area contributed by atoms with E-state index in [2.05, 4.69) is 44.3 Å². The predicted molar refractivity (Wildman–Crippen MR) is 77.3 cm³/mol. The lowest BCUT2D eigenvalue weighted by Gasteiger charge is -2.16. The second-order valence-corrected chi connectivity index (χ2v) is 5.68. The highest BCUT2D eigenvalue weighted by Gasteiger charge is 2.21. The quantitative estimate of drug-likeness (QED) is 0.577. The van der Waals surface area contributed by atoms with Crippen LogP contribution in [0.25, 0.3) is 0 Å². The molecule has 0 aliphatic heterocycles. The van der Waals surface area contributed by atoms with Crippen LogP contribution in [0.5, 0.6) is 5.75 Å². The Labute approximate surface area is 116 Å². The maximum absolute atomic E-state index is 5.82.